The minimum atomic E-state index is 0.0967. The van der Waals surface area contributed by atoms with E-state index in [0.29, 0.717) is 6.54 Å². The highest BCUT2D eigenvalue weighted by Crippen LogP contribution is 2.33. The molecule has 0 bridgehead atoms. The SMILES string of the molecule is O=C(c1ccc(NCc2ccon2)cc1)N1CCCC1c1ccccc1. The molecule has 2 aromatic carbocycles. The number of carbonyl (C=O) groups is 1. The summed E-state index contributed by atoms with van der Waals surface area (Å²) in [6.45, 7) is 1.40. The number of nitrogens with zero attached hydrogens (tertiary/aromatic N) is 2. The molecule has 0 spiro atoms. The quantitative estimate of drug-likeness (QED) is 0.749. The molecule has 1 saturated heterocycles. The molecule has 1 amide bonds. The van der Waals surface area contributed by atoms with Crippen molar-refractivity contribution in [1.82, 2.24) is 10.1 Å². The lowest BCUT2D eigenvalue weighted by atomic mass is 10.0. The summed E-state index contributed by atoms with van der Waals surface area (Å²) in [5.74, 6) is 0.0967. The molecule has 1 unspecified atom stereocenters. The molecule has 0 radical (unpaired) electrons. The molecule has 1 aromatic heterocycles. The maximum atomic E-state index is 13.0. The number of carbonyl (C=O) groups excluding carboxylic acids is 1. The van der Waals surface area contributed by atoms with Gasteiger partial charge < -0.3 is 14.7 Å². The zero-order valence-electron chi connectivity index (χ0n) is 14.5. The van der Waals surface area contributed by atoms with Crippen LogP contribution in [0.2, 0.25) is 0 Å². The van der Waals surface area contributed by atoms with Gasteiger partial charge in [-0.3, -0.25) is 4.79 Å². The van der Waals surface area contributed by atoms with Crippen molar-refractivity contribution in [2.45, 2.75) is 25.4 Å². The van der Waals surface area contributed by atoms with Crippen LogP contribution in [-0.4, -0.2) is 22.5 Å². The Bertz CT molecular complexity index is 845. The molecule has 132 valence electrons. The Balaban J connectivity index is 1.44. The average molecular weight is 347 g/mol. The third-order valence-corrected chi connectivity index (χ3v) is 4.79. The molecular formula is C21H21N3O2. The summed E-state index contributed by atoms with van der Waals surface area (Å²) in [6.07, 6.45) is 3.62. The number of rotatable bonds is 5. The normalized spacial score (nSPS) is 16.6. The summed E-state index contributed by atoms with van der Waals surface area (Å²) in [6, 6.07) is 19.9. The van der Waals surface area contributed by atoms with E-state index >= 15 is 0 Å². The fraction of sp³-hybridized carbons (Fsp3) is 0.238. The molecule has 1 atom stereocenters. The number of anilines is 1. The van der Waals surface area contributed by atoms with E-state index in [4.69, 9.17) is 4.52 Å². The average Bonchev–Trinajstić information content (AvgIpc) is 3.39. The van der Waals surface area contributed by atoms with E-state index in [0.717, 1.165) is 36.3 Å². The largest absolute Gasteiger partial charge is 0.379 e. The predicted octanol–water partition coefficient (Wildman–Crippen LogP) is 4.26. The van der Waals surface area contributed by atoms with E-state index in [1.807, 2.05) is 53.4 Å². The Kier molecular flexibility index (Phi) is 4.69. The molecule has 1 aliphatic heterocycles. The number of hydrogen-bond acceptors (Lipinski definition) is 4. The van der Waals surface area contributed by atoms with E-state index in [-0.39, 0.29) is 11.9 Å². The molecule has 0 saturated carbocycles. The van der Waals surface area contributed by atoms with Crippen molar-refractivity contribution in [2.75, 3.05) is 11.9 Å². The zero-order chi connectivity index (χ0) is 17.8. The van der Waals surface area contributed by atoms with Gasteiger partial charge in [-0.05, 0) is 42.7 Å². The van der Waals surface area contributed by atoms with Crippen LogP contribution in [0.1, 0.15) is 40.5 Å². The first-order chi connectivity index (χ1) is 12.8. The molecule has 2 heterocycles. The van der Waals surface area contributed by atoms with Crippen molar-refractivity contribution < 1.29 is 9.32 Å². The van der Waals surface area contributed by atoms with Crippen LogP contribution in [0.15, 0.2) is 71.4 Å². The highest BCUT2D eigenvalue weighted by atomic mass is 16.5. The van der Waals surface area contributed by atoms with Crippen LogP contribution in [0.25, 0.3) is 0 Å². The van der Waals surface area contributed by atoms with Gasteiger partial charge >= 0.3 is 0 Å². The van der Waals surface area contributed by atoms with Crippen molar-refractivity contribution >= 4 is 11.6 Å². The molecule has 1 fully saturated rings. The van der Waals surface area contributed by atoms with Gasteiger partial charge in [0.25, 0.3) is 5.91 Å². The lowest BCUT2D eigenvalue weighted by Gasteiger charge is -2.25. The molecule has 5 heteroatoms. The zero-order valence-corrected chi connectivity index (χ0v) is 14.5. The molecule has 1 N–H and O–H groups in total. The molecule has 26 heavy (non-hydrogen) atoms. The fourth-order valence-electron chi connectivity index (χ4n) is 3.45. The monoisotopic (exact) mass is 347 g/mol. The van der Waals surface area contributed by atoms with Crippen molar-refractivity contribution in [3.63, 3.8) is 0 Å². The summed E-state index contributed by atoms with van der Waals surface area (Å²) in [4.78, 5) is 15.0. The maximum absolute atomic E-state index is 13.0. The second-order valence-corrected chi connectivity index (χ2v) is 6.49. The second-order valence-electron chi connectivity index (χ2n) is 6.49. The first-order valence-electron chi connectivity index (χ1n) is 8.90. The summed E-state index contributed by atoms with van der Waals surface area (Å²) in [5, 5.41) is 7.14. The van der Waals surface area contributed by atoms with Crippen molar-refractivity contribution in [3.05, 3.63) is 83.7 Å². The summed E-state index contributed by atoms with van der Waals surface area (Å²) in [5.41, 5.74) is 3.72. The molecule has 1 aliphatic rings. The predicted molar refractivity (Wildman–Crippen MR) is 99.7 cm³/mol. The number of benzene rings is 2. The second kappa shape index (κ2) is 7.44. The maximum Gasteiger partial charge on any atom is 0.254 e. The minimum Gasteiger partial charge on any atom is -0.379 e. The van der Waals surface area contributed by atoms with Gasteiger partial charge in [-0.15, -0.1) is 0 Å². The van der Waals surface area contributed by atoms with Crippen molar-refractivity contribution in [2.24, 2.45) is 0 Å². The van der Waals surface area contributed by atoms with E-state index in [1.165, 1.54) is 5.56 Å². The third kappa shape index (κ3) is 3.47. The van der Waals surface area contributed by atoms with Gasteiger partial charge in [0.1, 0.15) is 12.0 Å². The molecule has 0 aliphatic carbocycles. The number of aromatic nitrogens is 1. The Labute approximate surface area is 152 Å². The number of nitrogens with one attached hydrogen (secondary N) is 1. The first kappa shape index (κ1) is 16.4. The standard InChI is InChI=1S/C21H21N3O2/c25-21(24-13-4-7-20(24)16-5-2-1-3-6-16)17-8-10-18(11-9-17)22-15-19-12-14-26-23-19/h1-3,5-6,8-12,14,20,22H,4,7,13,15H2. The first-order valence-corrected chi connectivity index (χ1v) is 8.90. The molecule has 5 nitrogen and oxygen atoms in total. The molecule has 4 rings (SSSR count). The van der Waals surface area contributed by atoms with Crippen LogP contribution >= 0.6 is 0 Å². The molecular weight excluding hydrogens is 326 g/mol. The Hall–Kier alpha value is -3.08. The lowest BCUT2D eigenvalue weighted by molar-refractivity contribution is 0.0735. The van der Waals surface area contributed by atoms with Gasteiger partial charge in [0.15, 0.2) is 0 Å². The highest BCUT2D eigenvalue weighted by Gasteiger charge is 2.30. The Morgan fingerprint density at radius 3 is 2.65 bits per heavy atom. The van der Waals surface area contributed by atoms with Gasteiger partial charge in [-0.1, -0.05) is 35.5 Å². The van der Waals surface area contributed by atoms with Crippen LogP contribution < -0.4 is 5.32 Å². The van der Waals surface area contributed by atoms with E-state index < -0.39 is 0 Å². The smallest absolute Gasteiger partial charge is 0.254 e. The van der Waals surface area contributed by atoms with Gasteiger partial charge in [-0.25, -0.2) is 0 Å². The minimum absolute atomic E-state index is 0.0967. The Morgan fingerprint density at radius 2 is 1.92 bits per heavy atom. The van der Waals surface area contributed by atoms with Crippen LogP contribution in [0, 0.1) is 0 Å². The summed E-state index contributed by atoms with van der Waals surface area (Å²) >= 11 is 0. The van der Waals surface area contributed by atoms with E-state index in [1.54, 1.807) is 6.26 Å². The highest BCUT2D eigenvalue weighted by molar-refractivity contribution is 5.95. The van der Waals surface area contributed by atoms with Crippen LogP contribution in [0.4, 0.5) is 5.69 Å². The topological polar surface area (TPSA) is 58.4 Å². The van der Waals surface area contributed by atoms with Crippen LogP contribution in [0.3, 0.4) is 0 Å². The van der Waals surface area contributed by atoms with Crippen molar-refractivity contribution in [1.29, 1.82) is 0 Å². The lowest BCUT2D eigenvalue weighted by Crippen LogP contribution is -2.30. The Morgan fingerprint density at radius 1 is 1.12 bits per heavy atom. The third-order valence-electron chi connectivity index (χ3n) is 4.79. The van der Waals surface area contributed by atoms with Gasteiger partial charge in [0.05, 0.1) is 12.6 Å². The number of amides is 1. The van der Waals surface area contributed by atoms with Gasteiger partial charge in [-0.2, -0.15) is 0 Å². The van der Waals surface area contributed by atoms with Crippen LogP contribution in [0.5, 0.6) is 0 Å². The number of likely N-dealkylation sites (tertiary alicyclic amines) is 1. The summed E-state index contributed by atoms with van der Waals surface area (Å²) in [7, 11) is 0. The van der Waals surface area contributed by atoms with Gasteiger partial charge in [0.2, 0.25) is 0 Å². The van der Waals surface area contributed by atoms with E-state index in [9.17, 15) is 4.79 Å². The molecule has 3 aromatic rings. The van der Waals surface area contributed by atoms with E-state index in [2.05, 4.69) is 22.6 Å². The fourth-order valence-corrected chi connectivity index (χ4v) is 3.45. The van der Waals surface area contributed by atoms with Crippen molar-refractivity contribution in [3.8, 4) is 0 Å². The summed E-state index contributed by atoms with van der Waals surface area (Å²) < 4.78 is 4.82. The number of hydrogen-bond donors (Lipinski definition) is 1. The van der Waals surface area contributed by atoms with Gasteiger partial charge in [0, 0.05) is 23.9 Å². The van der Waals surface area contributed by atoms with Crippen LogP contribution in [-0.2, 0) is 6.54 Å².